The fourth-order valence-corrected chi connectivity index (χ4v) is 4.60. The molecule has 0 bridgehead atoms. The summed E-state index contributed by atoms with van der Waals surface area (Å²) in [6, 6.07) is 25.5. The summed E-state index contributed by atoms with van der Waals surface area (Å²) < 4.78 is 12.2. The number of para-hydroxylation sites is 2. The van der Waals surface area contributed by atoms with Crippen molar-refractivity contribution in [2.75, 3.05) is 6.61 Å². The zero-order chi connectivity index (χ0) is 22.9. The van der Waals surface area contributed by atoms with Crippen molar-refractivity contribution in [1.29, 1.82) is 0 Å². The van der Waals surface area contributed by atoms with Crippen molar-refractivity contribution < 1.29 is 9.47 Å². The van der Waals surface area contributed by atoms with Gasteiger partial charge in [0.25, 0.3) is 0 Å². The molecule has 168 valence electrons. The Balaban J connectivity index is 1.42. The zero-order valence-electron chi connectivity index (χ0n) is 19.8. The summed E-state index contributed by atoms with van der Waals surface area (Å²) in [7, 11) is 0. The van der Waals surface area contributed by atoms with Crippen LogP contribution in [0.3, 0.4) is 0 Å². The molecule has 4 aromatic rings. The maximum absolute atomic E-state index is 6.25. The van der Waals surface area contributed by atoms with Crippen LogP contribution in [0, 0.1) is 12.8 Å². The molecule has 2 atom stereocenters. The number of hydrogen-bond donors (Lipinski definition) is 0. The van der Waals surface area contributed by atoms with Crippen molar-refractivity contribution in [3.63, 3.8) is 0 Å². The van der Waals surface area contributed by atoms with Crippen molar-refractivity contribution in [1.82, 2.24) is 4.98 Å². The van der Waals surface area contributed by atoms with Crippen LogP contribution < -0.4 is 9.47 Å². The van der Waals surface area contributed by atoms with Crippen molar-refractivity contribution in [3.05, 3.63) is 89.5 Å². The van der Waals surface area contributed by atoms with Crippen molar-refractivity contribution >= 4 is 10.9 Å². The van der Waals surface area contributed by atoms with Crippen LogP contribution in [0.15, 0.2) is 72.8 Å². The van der Waals surface area contributed by atoms with Crippen molar-refractivity contribution in [2.45, 2.75) is 46.1 Å². The number of ether oxygens (including phenoxy) is 2. The summed E-state index contributed by atoms with van der Waals surface area (Å²) in [5.74, 6) is 2.43. The topological polar surface area (TPSA) is 31.4 Å². The molecule has 0 amide bonds. The fourth-order valence-electron chi connectivity index (χ4n) is 4.60. The van der Waals surface area contributed by atoms with Gasteiger partial charge in [0.2, 0.25) is 0 Å². The van der Waals surface area contributed by atoms with E-state index >= 15 is 0 Å². The Hall–Kier alpha value is -3.33. The third-order valence-corrected chi connectivity index (χ3v) is 6.60. The Morgan fingerprint density at radius 2 is 1.67 bits per heavy atom. The number of fused-ring (bicyclic) bond motifs is 2. The molecule has 5 rings (SSSR count). The minimum atomic E-state index is 0.0437. The molecule has 0 fully saturated rings. The molecule has 3 nitrogen and oxygen atoms in total. The highest BCUT2D eigenvalue weighted by Crippen LogP contribution is 2.34. The average Bonchev–Trinajstić information content (AvgIpc) is 2.83. The molecule has 3 heteroatoms. The van der Waals surface area contributed by atoms with Gasteiger partial charge in [-0.3, -0.25) is 0 Å². The van der Waals surface area contributed by atoms with Crippen LogP contribution in [-0.2, 0) is 6.42 Å². The molecule has 33 heavy (non-hydrogen) atoms. The van der Waals surface area contributed by atoms with Gasteiger partial charge in [-0.1, -0.05) is 68.8 Å². The van der Waals surface area contributed by atoms with Gasteiger partial charge in [-0.25, -0.2) is 4.98 Å². The Labute approximate surface area is 196 Å². The van der Waals surface area contributed by atoms with Gasteiger partial charge in [-0.2, -0.15) is 0 Å². The molecule has 1 aliphatic rings. The smallest absolute Gasteiger partial charge is 0.161 e. The van der Waals surface area contributed by atoms with Crippen LogP contribution in [0.4, 0.5) is 0 Å². The van der Waals surface area contributed by atoms with Gasteiger partial charge in [-0.15, -0.1) is 0 Å². The van der Waals surface area contributed by atoms with Crippen LogP contribution >= 0.6 is 0 Å². The number of pyridine rings is 1. The Morgan fingerprint density at radius 1 is 0.909 bits per heavy atom. The number of hydrogen-bond acceptors (Lipinski definition) is 3. The molecular weight excluding hydrogens is 406 g/mol. The second kappa shape index (κ2) is 8.90. The quantitative estimate of drug-likeness (QED) is 0.327. The molecule has 0 radical (unpaired) electrons. The standard InChI is InChI=1S/C30H31NO2/c1-19(2)24-17-27(23-12-9-20(3)10-13-23)31-26-14-11-22(16-25(24)26)15-21(4)30-18-32-28-7-5-6-8-29(28)33-30/h5-14,16-17,19,21,30H,15,18H2,1-4H3. The third-order valence-electron chi connectivity index (χ3n) is 6.60. The minimum absolute atomic E-state index is 0.0437. The van der Waals surface area contributed by atoms with E-state index in [1.807, 2.05) is 24.3 Å². The van der Waals surface area contributed by atoms with E-state index in [9.17, 15) is 0 Å². The van der Waals surface area contributed by atoms with Crippen LogP contribution in [-0.4, -0.2) is 17.7 Å². The molecule has 2 heterocycles. The van der Waals surface area contributed by atoms with Gasteiger partial charge >= 0.3 is 0 Å². The molecular formula is C30H31NO2. The molecule has 0 saturated heterocycles. The summed E-state index contributed by atoms with van der Waals surface area (Å²) >= 11 is 0. The van der Waals surface area contributed by atoms with Gasteiger partial charge in [0, 0.05) is 16.9 Å². The number of aryl methyl sites for hydroxylation is 1. The van der Waals surface area contributed by atoms with Crippen LogP contribution in [0.25, 0.3) is 22.2 Å². The summed E-state index contributed by atoms with van der Waals surface area (Å²) in [4.78, 5) is 5.01. The first-order valence-corrected chi connectivity index (χ1v) is 11.9. The number of nitrogens with zero attached hydrogens (tertiary/aromatic N) is 1. The maximum Gasteiger partial charge on any atom is 0.161 e. The zero-order valence-corrected chi connectivity index (χ0v) is 19.8. The lowest BCUT2D eigenvalue weighted by molar-refractivity contribution is 0.0535. The van der Waals surface area contributed by atoms with E-state index in [4.69, 9.17) is 14.5 Å². The molecule has 0 spiro atoms. The Morgan fingerprint density at radius 3 is 2.42 bits per heavy atom. The van der Waals surface area contributed by atoms with Gasteiger partial charge < -0.3 is 9.47 Å². The SMILES string of the molecule is Cc1ccc(-c2cc(C(C)C)c3cc(CC(C)C4COc5ccccc5O4)ccc3n2)cc1. The second-order valence-corrected chi connectivity index (χ2v) is 9.56. The van der Waals surface area contributed by atoms with E-state index in [0.29, 0.717) is 18.4 Å². The molecule has 2 unspecified atom stereocenters. The third kappa shape index (κ3) is 4.45. The summed E-state index contributed by atoms with van der Waals surface area (Å²) in [6.45, 7) is 9.46. The van der Waals surface area contributed by atoms with E-state index in [-0.39, 0.29) is 6.10 Å². The Kier molecular flexibility index (Phi) is 5.80. The monoisotopic (exact) mass is 437 g/mol. The van der Waals surface area contributed by atoms with Crippen LogP contribution in [0.2, 0.25) is 0 Å². The lowest BCUT2D eigenvalue weighted by Crippen LogP contribution is -2.35. The number of benzene rings is 3. The Bertz CT molecular complexity index is 1280. The van der Waals surface area contributed by atoms with Crippen LogP contribution in [0.1, 0.15) is 43.4 Å². The summed E-state index contributed by atoms with van der Waals surface area (Å²) in [5.41, 5.74) is 7.17. The van der Waals surface area contributed by atoms with Gasteiger partial charge in [-0.05, 0) is 60.7 Å². The minimum Gasteiger partial charge on any atom is -0.486 e. The van der Waals surface area contributed by atoms with E-state index in [1.54, 1.807) is 0 Å². The molecule has 0 saturated carbocycles. The van der Waals surface area contributed by atoms with E-state index in [1.165, 1.54) is 22.1 Å². The van der Waals surface area contributed by atoms with E-state index < -0.39 is 0 Å². The lowest BCUT2D eigenvalue weighted by atomic mass is 9.91. The van der Waals surface area contributed by atoms with Gasteiger partial charge in [0.15, 0.2) is 11.5 Å². The number of rotatable bonds is 5. The van der Waals surface area contributed by atoms with Crippen molar-refractivity contribution in [2.24, 2.45) is 5.92 Å². The van der Waals surface area contributed by atoms with Gasteiger partial charge in [0.05, 0.1) is 11.2 Å². The summed E-state index contributed by atoms with van der Waals surface area (Å²) in [5, 5.41) is 1.25. The molecule has 0 N–H and O–H groups in total. The highest BCUT2D eigenvalue weighted by molar-refractivity contribution is 5.86. The normalized spacial score (nSPS) is 16.2. The number of aromatic nitrogens is 1. The highest BCUT2D eigenvalue weighted by atomic mass is 16.6. The van der Waals surface area contributed by atoms with E-state index in [0.717, 1.165) is 34.7 Å². The molecule has 1 aliphatic heterocycles. The maximum atomic E-state index is 6.25. The first kappa shape index (κ1) is 21.5. The van der Waals surface area contributed by atoms with E-state index in [2.05, 4.69) is 76.2 Å². The fraction of sp³-hybridized carbons (Fsp3) is 0.300. The first-order chi connectivity index (χ1) is 16.0. The predicted molar refractivity (Wildman–Crippen MR) is 135 cm³/mol. The average molecular weight is 438 g/mol. The molecule has 1 aromatic heterocycles. The van der Waals surface area contributed by atoms with Gasteiger partial charge in [0.1, 0.15) is 12.7 Å². The largest absolute Gasteiger partial charge is 0.486 e. The predicted octanol–water partition coefficient (Wildman–Crippen LogP) is 7.35. The van der Waals surface area contributed by atoms with Crippen molar-refractivity contribution in [3.8, 4) is 22.8 Å². The molecule has 0 aliphatic carbocycles. The first-order valence-electron chi connectivity index (χ1n) is 11.9. The lowest BCUT2D eigenvalue weighted by Gasteiger charge is -2.30. The second-order valence-electron chi connectivity index (χ2n) is 9.56. The van der Waals surface area contributed by atoms with Crippen LogP contribution in [0.5, 0.6) is 11.5 Å². The molecule has 3 aromatic carbocycles. The summed E-state index contributed by atoms with van der Waals surface area (Å²) in [6.07, 6.45) is 0.978. The highest BCUT2D eigenvalue weighted by Gasteiger charge is 2.26.